The standard InChI is InChI=1S/C27H27N5O7/c1-34-19-12-16(13-20(35-2)24(19)36-3)23-22-21(18(14-28)25(29)39-26(22)31-30-23)15-4-6-17(7-5-15)38-27(33)32-8-10-37-11-9-32/h4-7,12-13,21H,8-11,29H2,1-3H3,(H,30,31)/t21-/m1/s1. The number of carbonyl (C=O) groups excluding carboxylic acids is 1. The molecule has 2 aromatic carbocycles. The van der Waals surface area contributed by atoms with Gasteiger partial charge in [-0.15, -0.1) is 5.10 Å². The fraction of sp³-hybridized carbons (Fsp3) is 0.296. The van der Waals surface area contributed by atoms with E-state index in [1.807, 2.05) is 0 Å². The zero-order valence-corrected chi connectivity index (χ0v) is 21.6. The summed E-state index contributed by atoms with van der Waals surface area (Å²) in [5.41, 5.74) is 8.92. The highest BCUT2D eigenvalue weighted by Gasteiger charge is 2.36. The molecule has 202 valence electrons. The SMILES string of the molecule is COc1cc(-c2[nH]nc3c2[C@H](c2ccc(OC(=O)N4CCOCC4)cc2)C(C#N)=C(N)O3)cc(OC)c1OC. The summed E-state index contributed by atoms with van der Waals surface area (Å²) in [6.45, 7) is 1.90. The highest BCUT2D eigenvalue weighted by Crippen LogP contribution is 2.48. The first kappa shape index (κ1) is 25.7. The molecule has 0 radical (unpaired) electrons. The second-order valence-electron chi connectivity index (χ2n) is 8.69. The monoisotopic (exact) mass is 533 g/mol. The number of rotatable bonds is 6. The molecular formula is C27H27N5O7. The van der Waals surface area contributed by atoms with Crippen molar-refractivity contribution in [2.24, 2.45) is 5.73 Å². The van der Waals surface area contributed by atoms with Crippen molar-refractivity contribution < 1.29 is 33.2 Å². The first-order valence-corrected chi connectivity index (χ1v) is 12.1. The second kappa shape index (κ2) is 10.8. The van der Waals surface area contributed by atoms with E-state index >= 15 is 0 Å². The minimum absolute atomic E-state index is 0.0410. The number of hydrogen-bond acceptors (Lipinski definition) is 10. The Kier molecular flexibility index (Phi) is 7.16. The van der Waals surface area contributed by atoms with E-state index in [1.54, 1.807) is 41.3 Å². The molecule has 3 heterocycles. The third-order valence-electron chi connectivity index (χ3n) is 6.58. The van der Waals surface area contributed by atoms with E-state index in [-0.39, 0.29) is 17.3 Å². The molecule has 12 heteroatoms. The minimum atomic E-state index is -0.615. The van der Waals surface area contributed by atoms with Crippen LogP contribution in [0.15, 0.2) is 47.9 Å². The predicted molar refractivity (Wildman–Crippen MR) is 138 cm³/mol. The predicted octanol–water partition coefficient (Wildman–Crippen LogP) is 3.15. The van der Waals surface area contributed by atoms with Crippen LogP contribution in [0.1, 0.15) is 17.0 Å². The van der Waals surface area contributed by atoms with Crippen LogP contribution in [0.4, 0.5) is 4.79 Å². The number of nitrogens with one attached hydrogen (secondary N) is 1. The quantitative estimate of drug-likeness (QED) is 0.483. The van der Waals surface area contributed by atoms with Gasteiger partial charge in [0.1, 0.15) is 17.4 Å². The van der Waals surface area contributed by atoms with Crippen molar-refractivity contribution in [1.29, 1.82) is 5.26 Å². The minimum Gasteiger partial charge on any atom is -0.493 e. The number of allylic oxidation sites excluding steroid dienone is 1. The smallest absolute Gasteiger partial charge is 0.415 e. The molecule has 3 aromatic rings. The third-order valence-corrected chi connectivity index (χ3v) is 6.58. The number of aromatic nitrogens is 2. The van der Waals surface area contributed by atoms with E-state index in [0.29, 0.717) is 66.1 Å². The molecule has 1 aromatic heterocycles. The number of nitrogens with two attached hydrogens (primary N) is 1. The van der Waals surface area contributed by atoms with Crippen LogP contribution in [0.25, 0.3) is 11.3 Å². The molecule has 12 nitrogen and oxygen atoms in total. The number of fused-ring (bicyclic) bond motifs is 1. The van der Waals surface area contributed by atoms with Gasteiger partial charge < -0.3 is 39.1 Å². The zero-order valence-electron chi connectivity index (χ0n) is 21.6. The maximum absolute atomic E-state index is 12.5. The highest BCUT2D eigenvalue weighted by atomic mass is 16.6. The molecule has 0 spiro atoms. The van der Waals surface area contributed by atoms with E-state index < -0.39 is 12.0 Å². The summed E-state index contributed by atoms with van der Waals surface area (Å²) < 4.78 is 33.0. The number of ether oxygens (including phenoxy) is 6. The number of benzene rings is 2. The molecule has 0 unspecified atom stereocenters. The Morgan fingerprint density at radius 3 is 2.36 bits per heavy atom. The van der Waals surface area contributed by atoms with Crippen LogP contribution in [0.5, 0.6) is 28.9 Å². The molecule has 5 rings (SSSR count). The summed E-state index contributed by atoms with van der Waals surface area (Å²) in [5, 5.41) is 17.4. The molecule has 1 atom stereocenters. The lowest BCUT2D eigenvalue weighted by Gasteiger charge is -2.26. The molecule has 39 heavy (non-hydrogen) atoms. The number of carbonyl (C=O) groups is 1. The van der Waals surface area contributed by atoms with Gasteiger partial charge in [-0.2, -0.15) is 5.26 Å². The van der Waals surface area contributed by atoms with Gasteiger partial charge in [0.25, 0.3) is 0 Å². The topological polar surface area (TPSA) is 154 Å². The van der Waals surface area contributed by atoms with Crippen LogP contribution in [0.3, 0.4) is 0 Å². The number of nitrogens with zero attached hydrogens (tertiary/aromatic N) is 3. The van der Waals surface area contributed by atoms with Crippen LogP contribution >= 0.6 is 0 Å². The molecule has 3 N–H and O–H groups in total. The van der Waals surface area contributed by atoms with Crippen LogP contribution in [-0.2, 0) is 4.74 Å². The lowest BCUT2D eigenvalue weighted by atomic mass is 9.83. The van der Waals surface area contributed by atoms with Crippen molar-refractivity contribution in [3.8, 4) is 46.2 Å². The van der Waals surface area contributed by atoms with Gasteiger partial charge in [-0.1, -0.05) is 12.1 Å². The number of nitriles is 1. The van der Waals surface area contributed by atoms with Crippen LogP contribution in [-0.4, -0.2) is 68.8 Å². The Hall–Kier alpha value is -4.89. The van der Waals surface area contributed by atoms with Crippen molar-refractivity contribution in [2.45, 2.75) is 5.92 Å². The molecule has 2 aliphatic rings. The van der Waals surface area contributed by atoms with E-state index in [9.17, 15) is 10.1 Å². The number of hydrogen-bond donors (Lipinski definition) is 2. The lowest BCUT2D eigenvalue weighted by Crippen LogP contribution is -2.42. The van der Waals surface area contributed by atoms with Gasteiger partial charge in [0, 0.05) is 18.7 Å². The van der Waals surface area contributed by atoms with Crippen LogP contribution in [0.2, 0.25) is 0 Å². The van der Waals surface area contributed by atoms with Gasteiger partial charge in [-0.25, -0.2) is 4.79 Å². The maximum atomic E-state index is 12.5. The van der Waals surface area contributed by atoms with E-state index in [2.05, 4.69) is 16.3 Å². The fourth-order valence-corrected chi connectivity index (χ4v) is 4.66. The largest absolute Gasteiger partial charge is 0.493 e. The first-order valence-electron chi connectivity index (χ1n) is 12.1. The average Bonchev–Trinajstić information content (AvgIpc) is 3.39. The lowest BCUT2D eigenvalue weighted by molar-refractivity contribution is 0.0416. The fourth-order valence-electron chi connectivity index (χ4n) is 4.66. The van der Waals surface area contributed by atoms with Gasteiger partial charge in [0.05, 0.1) is 51.7 Å². The van der Waals surface area contributed by atoms with Crippen molar-refractivity contribution in [3.05, 3.63) is 59.0 Å². The van der Waals surface area contributed by atoms with Crippen molar-refractivity contribution in [2.75, 3.05) is 47.6 Å². The molecule has 2 aliphatic heterocycles. The van der Waals surface area contributed by atoms with Crippen molar-refractivity contribution in [3.63, 3.8) is 0 Å². The van der Waals surface area contributed by atoms with Gasteiger partial charge in [0.15, 0.2) is 11.5 Å². The Morgan fingerprint density at radius 2 is 1.77 bits per heavy atom. The van der Waals surface area contributed by atoms with Crippen LogP contribution < -0.4 is 29.4 Å². The maximum Gasteiger partial charge on any atom is 0.415 e. The zero-order chi connectivity index (χ0) is 27.5. The normalized spacial score (nSPS) is 16.6. The summed E-state index contributed by atoms with van der Waals surface area (Å²) in [6.07, 6.45) is -0.444. The Morgan fingerprint density at radius 1 is 1.10 bits per heavy atom. The van der Waals surface area contributed by atoms with Gasteiger partial charge >= 0.3 is 6.09 Å². The number of H-pyrrole nitrogens is 1. The van der Waals surface area contributed by atoms with Crippen LogP contribution in [0, 0.1) is 11.3 Å². The molecule has 1 fully saturated rings. The van der Waals surface area contributed by atoms with E-state index in [0.717, 1.165) is 5.56 Å². The van der Waals surface area contributed by atoms with E-state index in [4.69, 9.17) is 34.2 Å². The Labute approximate surface area is 224 Å². The molecule has 0 saturated carbocycles. The molecular weight excluding hydrogens is 506 g/mol. The molecule has 0 aliphatic carbocycles. The van der Waals surface area contributed by atoms with Crippen molar-refractivity contribution >= 4 is 6.09 Å². The third kappa shape index (κ3) is 4.75. The summed E-state index contributed by atoms with van der Waals surface area (Å²) in [5.74, 6) is 1.29. The number of aromatic amines is 1. The van der Waals surface area contributed by atoms with Crippen molar-refractivity contribution in [1.82, 2.24) is 15.1 Å². The number of morpholine rings is 1. The molecule has 1 saturated heterocycles. The second-order valence-corrected chi connectivity index (χ2v) is 8.69. The van der Waals surface area contributed by atoms with Gasteiger partial charge in [-0.3, -0.25) is 5.10 Å². The summed E-state index contributed by atoms with van der Waals surface area (Å²) in [4.78, 5) is 14.1. The summed E-state index contributed by atoms with van der Waals surface area (Å²) >= 11 is 0. The van der Waals surface area contributed by atoms with Gasteiger partial charge in [-0.05, 0) is 29.8 Å². The summed E-state index contributed by atoms with van der Waals surface area (Å²) in [6, 6.07) is 12.6. The first-order chi connectivity index (χ1) is 19.0. The molecule has 1 amide bonds. The Bertz CT molecular complexity index is 1430. The number of methoxy groups -OCH3 is 3. The van der Waals surface area contributed by atoms with Gasteiger partial charge in [0.2, 0.25) is 17.5 Å². The molecule has 0 bridgehead atoms. The summed E-state index contributed by atoms with van der Waals surface area (Å²) in [7, 11) is 4.58. The number of amides is 1. The van der Waals surface area contributed by atoms with E-state index in [1.165, 1.54) is 21.3 Å². The highest BCUT2D eigenvalue weighted by molar-refractivity contribution is 5.75. The average molecular weight is 534 g/mol. The Balaban J connectivity index is 1.53.